The topological polar surface area (TPSA) is 50.9 Å². The smallest absolute Gasteiger partial charge is 0.144 e. The van der Waals surface area contributed by atoms with Crippen LogP contribution in [0.5, 0.6) is 0 Å². The summed E-state index contributed by atoms with van der Waals surface area (Å²) in [7, 11) is 0. The molecule has 1 aliphatic carbocycles. The lowest BCUT2D eigenvalue weighted by Gasteiger charge is -2.12. The van der Waals surface area contributed by atoms with E-state index in [1.807, 2.05) is 0 Å². The minimum atomic E-state index is 0.603. The molecule has 1 aromatic rings. The van der Waals surface area contributed by atoms with E-state index in [1.54, 1.807) is 12.3 Å². The second-order valence-electron chi connectivity index (χ2n) is 4.13. The molecule has 0 bridgehead atoms. The second-order valence-corrected chi connectivity index (χ2v) is 4.54. The fourth-order valence-corrected chi connectivity index (χ4v) is 2.28. The van der Waals surface area contributed by atoms with Gasteiger partial charge in [0.25, 0.3) is 0 Å². The second kappa shape index (κ2) is 4.71. The van der Waals surface area contributed by atoms with Gasteiger partial charge in [0.05, 0.1) is 16.9 Å². The van der Waals surface area contributed by atoms with Crippen LogP contribution < -0.4 is 11.1 Å². The summed E-state index contributed by atoms with van der Waals surface area (Å²) in [5.74, 6) is 1.53. The van der Waals surface area contributed by atoms with Crippen LogP contribution in [0.25, 0.3) is 0 Å². The average molecular weight is 226 g/mol. The number of aromatic nitrogens is 1. The van der Waals surface area contributed by atoms with E-state index in [0.717, 1.165) is 18.3 Å². The van der Waals surface area contributed by atoms with Gasteiger partial charge in [-0.05, 0) is 24.8 Å². The van der Waals surface area contributed by atoms with Crippen molar-refractivity contribution in [3.8, 4) is 0 Å². The van der Waals surface area contributed by atoms with Gasteiger partial charge in [0.1, 0.15) is 5.82 Å². The molecule has 1 saturated carbocycles. The van der Waals surface area contributed by atoms with E-state index in [-0.39, 0.29) is 0 Å². The third kappa shape index (κ3) is 2.75. The van der Waals surface area contributed by atoms with Crippen molar-refractivity contribution in [1.29, 1.82) is 0 Å². The van der Waals surface area contributed by atoms with E-state index in [1.165, 1.54) is 25.7 Å². The highest BCUT2D eigenvalue weighted by molar-refractivity contribution is 6.33. The zero-order chi connectivity index (χ0) is 10.7. The van der Waals surface area contributed by atoms with Crippen molar-refractivity contribution in [3.05, 3.63) is 17.3 Å². The highest BCUT2D eigenvalue weighted by atomic mass is 35.5. The molecule has 0 aliphatic heterocycles. The van der Waals surface area contributed by atoms with Crippen molar-refractivity contribution in [2.24, 2.45) is 5.92 Å². The Hall–Kier alpha value is -0.960. The number of nitrogens with two attached hydrogens (primary N) is 1. The summed E-state index contributed by atoms with van der Waals surface area (Å²) in [5.41, 5.74) is 6.17. The molecule has 82 valence electrons. The van der Waals surface area contributed by atoms with E-state index >= 15 is 0 Å². The van der Waals surface area contributed by atoms with Crippen LogP contribution in [0.15, 0.2) is 12.3 Å². The first-order valence-corrected chi connectivity index (χ1v) is 5.78. The van der Waals surface area contributed by atoms with Gasteiger partial charge in [0.15, 0.2) is 0 Å². The van der Waals surface area contributed by atoms with Crippen molar-refractivity contribution >= 4 is 23.1 Å². The van der Waals surface area contributed by atoms with E-state index in [4.69, 9.17) is 17.3 Å². The monoisotopic (exact) mass is 225 g/mol. The lowest BCUT2D eigenvalue weighted by molar-refractivity contribution is 0.579. The van der Waals surface area contributed by atoms with Gasteiger partial charge in [-0.25, -0.2) is 4.98 Å². The summed E-state index contributed by atoms with van der Waals surface area (Å²) in [5, 5.41) is 3.89. The molecule has 1 heterocycles. The molecule has 1 aromatic heterocycles. The third-order valence-corrected chi connectivity index (χ3v) is 3.18. The number of nitrogen functional groups attached to an aromatic ring is 1. The molecule has 1 aliphatic rings. The fourth-order valence-electron chi connectivity index (χ4n) is 2.04. The van der Waals surface area contributed by atoms with Crippen molar-refractivity contribution in [2.75, 3.05) is 17.6 Å². The van der Waals surface area contributed by atoms with Crippen LogP contribution >= 0.6 is 11.6 Å². The van der Waals surface area contributed by atoms with Crippen molar-refractivity contribution < 1.29 is 0 Å². The zero-order valence-electron chi connectivity index (χ0n) is 8.67. The van der Waals surface area contributed by atoms with E-state index in [2.05, 4.69) is 10.3 Å². The quantitative estimate of drug-likeness (QED) is 0.832. The summed E-state index contributed by atoms with van der Waals surface area (Å²) in [6.45, 7) is 0.969. The Morgan fingerprint density at radius 2 is 2.20 bits per heavy atom. The number of nitrogens with one attached hydrogen (secondary N) is 1. The van der Waals surface area contributed by atoms with Gasteiger partial charge in [0, 0.05) is 6.54 Å². The predicted octanol–water partition coefficient (Wildman–Crippen LogP) is 2.92. The van der Waals surface area contributed by atoms with Crippen LogP contribution in [0.1, 0.15) is 25.7 Å². The van der Waals surface area contributed by atoms with Crippen LogP contribution in [-0.4, -0.2) is 11.5 Å². The fraction of sp³-hybridized carbons (Fsp3) is 0.545. The number of hydrogen-bond donors (Lipinski definition) is 2. The lowest BCUT2D eigenvalue weighted by atomic mass is 10.1. The van der Waals surface area contributed by atoms with Gasteiger partial charge in [-0.2, -0.15) is 0 Å². The maximum absolute atomic E-state index is 6.01. The Balaban J connectivity index is 1.92. The first-order chi connectivity index (χ1) is 7.25. The molecule has 0 unspecified atom stereocenters. The van der Waals surface area contributed by atoms with Crippen molar-refractivity contribution in [2.45, 2.75) is 25.7 Å². The van der Waals surface area contributed by atoms with Gasteiger partial charge >= 0.3 is 0 Å². The first-order valence-electron chi connectivity index (χ1n) is 5.40. The average Bonchev–Trinajstić information content (AvgIpc) is 2.69. The Labute approximate surface area is 95.0 Å². The van der Waals surface area contributed by atoms with Crippen LogP contribution in [0, 0.1) is 5.92 Å². The molecule has 2 rings (SSSR count). The standard InChI is InChI=1S/C11H16ClN3/c12-10-5-9(13)7-15-11(10)14-6-8-3-1-2-4-8/h5,7-8H,1-4,6,13H2,(H,14,15). The van der Waals surface area contributed by atoms with Gasteiger partial charge in [-0.1, -0.05) is 24.4 Å². The van der Waals surface area contributed by atoms with Crippen LogP contribution in [0.3, 0.4) is 0 Å². The summed E-state index contributed by atoms with van der Waals surface area (Å²) >= 11 is 6.01. The molecular formula is C11H16ClN3. The molecule has 4 heteroatoms. The molecule has 0 atom stereocenters. The van der Waals surface area contributed by atoms with E-state index in [0.29, 0.717) is 10.7 Å². The van der Waals surface area contributed by atoms with Crippen molar-refractivity contribution in [3.63, 3.8) is 0 Å². The Morgan fingerprint density at radius 1 is 1.47 bits per heavy atom. The third-order valence-electron chi connectivity index (χ3n) is 2.90. The Kier molecular flexibility index (Phi) is 3.31. The Bertz CT molecular complexity index is 335. The van der Waals surface area contributed by atoms with E-state index < -0.39 is 0 Å². The number of nitrogens with zero attached hydrogens (tertiary/aromatic N) is 1. The maximum Gasteiger partial charge on any atom is 0.144 e. The van der Waals surface area contributed by atoms with Crippen LogP contribution in [0.2, 0.25) is 5.02 Å². The summed E-state index contributed by atoms with van der Waals surface area (Å²) in [6.07, 6.45) is 6.98. The molecular weight excluding hydrogens is 210 g/mol. The Morgan fingerprint density at radius 3 is 2.87 bits per heavy atom. The first kappa shape index (κ1) is 10.6. The van der Waals surface area contributed by atoms with Gasteiger partial charge in [-0.3, -0.25) is 0 Å². The normalized spacial score (nSPS) is 16.9. The predicted molar refractivity (Wildman–Crippen MR) is 64.1 cm³/mol. The number of pyridine rings is 1. The summed E-state index contributed by atoms with van der Waals surface area (Å²) in [4.78, 5) is 4.17. The van der Waals surface area contributed by atoms with Crippen molar-refractivity contribution in [1.82, 2.24) is 4.98 Å². The summed E-state index contributed by atoms with van der Waals surface area (Å²) in [6, 6.07) is 1.73. The molecule has 0 radical (unpaired) electrons. The maximum atomic E-state index is 6.01. The largest absolute Gasteiger partial charge is 0.397 e. The zero-order valence-corrected chi connectivity index (χ0v) is 9.43. The number of rotatable bonds is 3. The molecule has 0 amide bonds. The molecule has 0 saturated heterocycles. The summed E-state index contributed by atoms with van der Waals surface area (Å²) < 4.78 is 0. The number of halogens is 1. The number of hydrogen-bond acceptors (Lipinski definition) is 3. The van der Waals surface area contributed by atoms with Crippen LogP contribution in [-0.2, 0) is 0 Å². The molecule has 0 aromatic carbocycles. The minimum absolute atomic E-state index is 0.603. The highest BCUT2D eigenvalue weighted by Crippen LogP contribution is 2.26. The van der Waals surface area contributed by atoms with Gasteiger partial charge in [0.2, 0.25) is 0 Å². The SMILES string of the molecule is Nc1cnc(NCC2CCCC2)c(Cl)c1. The minimum Gasteiger partial charge on any atom is -0.397 e. The molecule has 0 spiro atoms. The molecule has 1 fully saturated rings. The highest BCUT2D eigenvalue weighted by Gasteiger charge is 2.15. The van der Waals surface area contributed by atoms with E-state index in [9.17, 15) is 0 Å². The number of anilines is 2. The molecule has 3 N–H and O–H groups in total. The molecule has 15 heavy (non-hydrogen) atoms. The van der Waals surface area contributed by atoms with Gasteiger partial charge in [-0.15, -0.1) is 0 Å². The van der Waals surface area contributed by atoms with Gasteiger partial charge < -0.3 is 11.1 Å². The molecule has 3 nitrogen and oxygen atoms in total. The lowest BCUT2D eigenvalue weighted by Crippen LogP contribution is -2.12. The van der Waals surface area contributed by atoms with Crippen LogP contribution in [0.4, 0.5) is 11.5 Å².